The minimum absolute atomic E-state index is 0.112. The highest BCUT2D eigenvalue weighted by Gasteiger charge is 2.30. The molecule has 0 bridgehead atoms. The van der Waals surface area contributed by atoms with Crippen LogP contribution in [0.15, 0.2) is 95.9 Å². The van der Waals surface area contributed by atoms with Crippen LogP contribution in [0.2, 0.25) is 0 Å². The second kappa shape index (κ2) is 15.4. The predicted octanol–water partition coefficient (Wildman–Crippen LogP) is 2.66. The molecule has 17 heteroatoms. The van der Waals surface area contributed by atoms with E-state index in [0.717, 1.165) is 13.2 Å². The van der Waals surface area contributed by atoms with Crippen molar-refractivity contribution < 1.29 is 41.9 Å². The van der Waals surface area contributed by atoms with Gasteiger partial charge in [-0.2, -0.15) is 0 Å². The Kier molecular flexibility index (Phi) is 10.5. The minimum Gasteiger partial charge on any atom is -0.465 e. The summed E-state index contributed by atoms with van der Waals surface area (Å²) in [5.74, 6) is -3.22. The molecule has 0 aliphatic rings. The Balaban J connectivity index is 1.21. The third kappa shape index (κ3) is 8.10. The van der Waals surface area contributed by atoms with Crippen molar-refractivity contribution in [3.05, 3.63) is 125 Å². The molecule has 0 aliphatic carbocycles. The lowest BCUT2D eigenvalue weighted by molar-refractivity contribution is -0.148. The largest absolute Gasteiger partial charge is 0.465 e. The van der Waals surface area contributed by atoms with E-state index in [1.165, 1.54) is 24.3 Å². The van der Waals surface area contributed by atoms with E-state index in [1.807, 2.05) is 4.72 Å². The highest BCUT2D eigenvalue weighted by molar-refractivity contribution is 7.90. The smallest absolute Gasteiger partial charge is 0.339 e. The molecule has 276 valence electrons. The number of hydrogen-bond donors (Lipinski definition) is 4. The first kappa shape index (κ1) is 36.9. The maximum Gasteiger partial charge on any atom is 0.339 e. The molecule has 0 spiro atoms. The van der Waals surface area contributed by atoms with Crippen molar-refractivity contribution in [1.82, 2.24) is 29.6 Å². The van der Waals surface area contributed by atoms with Gasteiger partial charge in [0, 0.05) is 18.2 Å². The first-order valence-corrected chi connectivity index (χ1v) is 17.8. The van der Waals surface area contributed by atoms with E-state index in [2.05, 4.69) is 25.0 Å². The monoisotopic (exact) mass is 751 g/mol. The van der Waals surface area contributed by atoms with E-state index in [-0.39, 0.29) is 24.2 Å². The van der Waals surface area contributed by atoms with Crippen LogP contribution in [-0.4, -0.2) is 70.7 Å². The van der Waals surface area contributed by atoms with Gasteiger partial charge in [0.2, 0.25) is 11.8 Å². The van der Waals surface area contributed by atoms with Crippen molar-refractivity contribution in [2.24, 2.45) is 12.8 Å². The number of sulfonamides is 1. The van der Waals surface area contributed by atoms with Crippen LogP contribution in [0.25, 0.3) is 22.1 Å². The molecular formula is C37H33N7O9S. The second-order valence-corrected chi connectivity index (χ2v) is 13.7. The van der Waals surface area contributed by atoms with Gasteiger partial charge in [-0.15, -0.1) is 0 Å². The van der Waals surface area contributed by atoms with Crippen LogP contribution in [0.4, 0.5) is 0 Å². The van der Waals surface area contributed by atoms with Crippen molar-refractivity contribution in [3.63, 3.8) is 0 Å². The molecule has 0 fully saturated rings. The van der Waals surface area contributed by atoms with Crippen LogP contribution in [0.3, 0.4) is 0 Å². The Morgan fingerprint density at radius 3 is 2.33 bits per heavy atom. The van der Waals surface area contributed by atoms with Gasteiger partial charge < -0.3 is 30.1 Å². The molecule has 6 rings (SSSR count). The molecule has 0 aliphatic heterocycles. The molecule has 2 aromatic heterocycles. The molecule has 0 saturated carbocycles. The fourth-order valence-corrected chi connectivity index (χ4v) is 6.86. The molecule has 3 amide bonds. The Labute approximate surface area is 307 Å². The first-order chi connectivity index (χ1) is 25.8. The van der Waals surface area contributed by atoms with Gasteiger partial charge in [0.25, 0.3) is 15.9 Å². The number of aryl methyl sites for hydroxylation is 1. The highest BCUT2D eigenvalue weighted by Crippen LogP contribution is 2.21. The number of amides is 3. The zero-order chi connectivity index (χ0) is 38.6. The SMILES string of the molecule is COC(=O)c1ccccc1S(=O)(=O)NC(=O)C[C@H](NC(=O)c1ccc2nc(Cc3nc4ccc(C(N)=O)cc4[nH]3)n(C)c2c1)C(=O)OCc1ccccc1. The van der Waals surface area contributed by atoms with Gasteiger partial charge >= 0.3 is 11.9 Å². The fraction of sp³-hybridized carbons (Fsp3) is 0.162. The molecule has 16 nitrogen and oxygen atoms in total. The van der Waals surface area contributed by atoms with E-state index in [4.69, 9.17) is 10.5 Å². The number of rotatable bonds is 13. The summed E-state index contributed by atoms with van der Waals surface area (Å²) in [5, 5.41) is 2.50. The average Bonchev–Trinajstić information content (AvgIpc) is 3.71. The molecule has 0 unspecified atom stereocenters. The Hall–Kier alpha value is -6.88. The lowest BCUT2D eigenvalue weighted by Gasteiger charge is -2.18. The van der Waals surface area contributed by atoms with Gasteiger partial charge in [0.05, 0.1) is 47.6 Å². The number of aromatic amines is 1. The number of H-pyrrole nitrogens is 1. The van der Waals surface area contributed by atoms with Crippen molar-refractivity contribution in [1.29, 1.82) is 0 Å². The van der Waals surface area contributed by atoms with Crippen LogP contribution in [-0.2, 0) is 49.2 Å². The number of primary amides is 1. The fourth-order valence-electron chi connectivity index (χ4n) is 5.66. The number of esters is 2. The van der Waals surface area contributed by atoms with E-state index < -0.39 is 57.0 Å². The molecule has 54 heavy (non-hydrogen) atoms. The summed E-state index contributed by atoms with van der Waals surface area (Å²) in [5.41, 5.74) is 8.58. The number of carbonyl (C=O) groups is 5. The maximum absolute atomic E-state index is 13.6. The molecule has 1 atom stereocenters. The lowest BCUT2D eigenvalue weighted by atomic mass is 10.1. The normalized spacial score (nSPS) is 11.9. The number of imidazole rings is 2. The summed E-state index contributed by atoms with van der Waals surface area (Å²) in [4.78, 5) is 75.8. The van der Waals surface area contributed by atoms with Crippen LogP contribution in [0.1, 0.15) is 54.7 Å². The highest BCUT2D eigenvalue weighted by atomic mass is 32.2. The molecular weight excluding hydrogens is 719 g/mol. The Morgan fingerprint density at radius 1 is 0.889 bits per heavy atom. The van der Waals surface area contributed by atoms with Crippen LogP contribution >= 0.6 is 0 Å². The number of fused-ring (bicyclic) bond motifs is 2. The number of ether oxygens (including phenoxy) is 2. The Morgan fingerprint density at radius 2 is 1.59 bits per heavy atom. The molecule has 0 saturated heterocycles. The zero-order valence-electron chi connectivity index (χ0n) is 28.9. The van der Waals surface area contributed by atoms with Gasteiger partial charge in [0.1, 0.15) is 29.2 Å². The number of nitrogens with one attached hydrogen (secondary N) is 3. The number of aromatic nitrogens is 4. The number of benzene rings is 4. The van der Waals surface area contributed by atoms with Gasteiger partial charge in [-0.25, -0.2) is 32.7 Å². The predicted molar refractivity (Wildman–Crippen MR) is 193 cm³/mol. The van der Waals surface area contributed by atoms with Gasteiger partial charge in [-0.05, 0) is 54.1 Å². The van der Waals surface area contributed by atoms with Crippen molar-refractivity contribution in [2.75, 3.05) is 7.11 Å². The molecule has 6 aromatic rings. The summed E-state index contributed by atoms with van der Waals surface area (Å²) in [7, 11) is -1.78. The van der Waals surface area contributed by atoms with Gasteiger partial charge in [-0.3, -0.25) is 14.4 Å². The second-order valence-electron chi connectivity index (χ2n) is 12.1. The molecule has 2 heterocycles. The number of carbonyl (C=O) groups excluding carboxylic acids is 5. The van der Waals surface area contributed by atoms with E-state index >= 15 is 0 Å². The quantitative estimate of drug-likeness (QED) is 0.125. The summed E-state index contributed by atoms with van der Waals surface area (Å²) in [6.45, 7) is -0.181. The van der Waals surface area contributed by atoms with Crippen LogP contribution in [0.5, 0.6) is 0 Å². The third-order valence-corrected chi connectivity index (χ3v) is 9.84. The van der Waals surface area contributed by atoms with E-state index in [0.29, 0.717) is 44.8 Å². The number of methoxy groups -OCH3 is 1. The van der Waals surface area contributed by atoms with E-state index in [9.17, 15) is 32.4 Å². The standard InChI is InChI=1S/C37H33N7O9S/c1-44-29-17-23(13-15-26(29)41-32(44)19-31-39-25-14-12-22(34(38)46)16-27(25)40-31)35(47)42-28(37(49)53-20-21-8-4-3-5-9-21)18-33(45)43-54(50,51)30-11-7-6-10-24(30)36(48)52-2/h3-17,28H,18-20H2,1-2H3,(H2,38,46)(H,39,40)(H,42,47)(H,43,45)/t28-/m0/s1. The summed E-state index contributed by atoms with van der Waals surface area (Å²) < 4.78 is 40.0. The average molecular weight is 752 g/mol. The molecule has 4 aromatic carbocycles. The summed E-state index contributed by atoms with van der Waals surface area (Å²) in [6.07, 6.45) is -0.541. The molecule has 5 N–H and O–H groups in total. The number of nitrogens with two attached hydrogens (primary N) is 1. The first-order valence-electron chi connectivity index (χ1n) is 16.3. The minimum atomic E-state index is -4.62. The topological polar surface area (TPSA) is 235 Å². The summed E-state index contributed by atoms with van der Waals surface area (Å²) >= 11 is 0. The summed E-state index contributed by atoms with van der Waals surface area (Å²) in [6, 6.07) is 21.7. The Bertz CT molecular complexity index is 2550. The van der Waals surface area contributed by atoms with Crippen LogP contribution < -0.4 is 15.8 Å². The van der Waals surface area contributed by atoms with Crippen molar-refractivity contribution >= 4 is 61.8 Å². The van der Waals surface area contributed by atoms with Gasteiger partial charge in [0.15, 0.2) is 0 Å². The maximum atomic E-state index is 13.6. The zero-order valence-corrected chi connectivity index (χ0v) is 29.7. The van der Waals surface area contributed by atoms with Crippen molar-refractivity contribution in [3.8, 4) is 0 Å². The lowest BCUT2D eigenvalue weighted by Crippen LogP contribution is -2.45. The molecule has 0 radical (unpaired) electrons. The van der Waals surface area contributed by atoms with Gasteiger partial charge in [-0.1, -0.05) is 42.5 Å². The van der Waals surface area contributed by atoms with Crippen molar-refractivity contribution in [2.45, 2.75) is 30.4 Å². The van der Waals surface area contributed by atoms with E-state index in [1.54, 1.807) is 72.3 Å². The third-order valence-electron chi connectivity index (χ3n) is 8.41. The number of nitrogens with zero attached hydrogens (tertiary/aromatic N) is 3. The van der Waals surface area contributed by atoms with Crippen LogP contribution in [0, 0.1) is 0 Å². The number of hydrogen-bond acceptors (Lipinski definition) is 11.